The Balaban J connectivity index is 2.06. The highest BCUT2D eigenvalue weighted by Gasteiger charge is 2.26. The monoisotopic (exact) mass is 371 g/mol. The topological polar surface area (TPSA) is 93.7 Å². The summed E-state index contributed by atoms with van der Waals surface area (Å²) in [5.41, 5.74) is 0.461. The van der Waals surface area contributed by atoms with E-state index in [1.165, 1.54) is 11.8 Å². The van der Waals surface area contributed by atoms with Crippen LogP contribution in [0.5, 0.6) is 0 Å². The van der Waals surface area contributed by atoms with Crippen molar-refractivity contribution in [1.82, 2.24) is 19.5 Å². The van der Waals surface area contributed by atoms with Crippen LogP contribution in [0.4, 0.5) is 0 Å². The van der Waals surface area contributed by atoms with Gasteiger partial charge in [0, 0.05) is 48.7 Å². The van der Waals surface area contributed by atoms with Crippen LogP contribution in [-0.2, 0) is 16.7 Å². The first-order chi connectivity index (χ1) is 12.3. The number of nitrogens with zero attached hydrogens (tertiary/aromatic N) is 5. The fourth-order valence-corrected chi connectivity index (χ4v) is 3.85. The summed E-state index contributed by atoms with van der Waals surface area (Å²) in [6.07, 6.45) is 3.27. The molecule has 2 aromatic rings. The molecular formula is C18H21N5O2S. The molecule has 1 atom stereocenters. The first kappa shape index (κ1) is 18.5. The van der Waals surface area contributed by atoms with Crippen molar-refractivity contribution in [2.24, 2.45) is 5.92 Å². The smallest absolute Gasteiger partial charge is 0.272 e. The van der Waals surface area contributed by atoms with E-state index in [2.05, 4.69) is 15.0 Å². The first-order valence-electron chi connectivity index (χ1n) is 8.34. The van der Waals surface area contributed by atoms with E-state index in [9.17, 15) is 10.1 Å². The minimum absolute atomic E-state index is 0.0273. The molecule has 0 aliphatic carbocycles. The molecule has 0 saturated heterocycles. The van der Waals surface area contributed by atoms with Crippen LogP contribution < -0.4 is 5.56 Å². The molecule has 8 heteroatoms. The lowest BCUT2D eigenvalue weighted by Crippen LogP contribution is -2.34. The number of methoxy groups -OCH3 is 1. The summed E-state index contributed by atoms with van der Waals surface area (Å²) < 4.78 is 6.77. The van der Waals surface area contributed by atoms with Gasteiger partial charge in [0.2, 0.25) is 0 Å². The molecule has 7 nitrogen and oxygen atoms in total. The van der Waals surface area contributed by atoms with Crippen LogP contribution in [0.15, 0.2) is 22.3 Å². The summed E-state index contributed by atoms with van der Waals surface area (Å²) in [6.45, 7) is 7.17. The number of aromatic nitrogens is 4. The number of fused-ring (bicyclic) bond motifs is 1. The summed E-state index contributed by atoms with van der Waals surface area (Å²) in [5.74, 6) is 1.75. The molecule has 1 aliphatic heterocycles. The Morgan fingerprint density at radius 1 is 1.38 bits per heavy atom. The lowest BCUT2D eigenvalue weighted by Gasteiger charge is -2.25. The van der Waals surface area contributed by atoms with E-state index in [4.69, 9.17) is 4.74 Å². The third-order valence-electron chi connectivity index (χ3n) is 4.13. The Hall–Kier alpha value is -2.24. The summed E-state index contributed by atoms with van der Waals surface area (Å²) >= 11 is 1.51. The molecular weight excluding hydrogens is 350 g/mol. The second-order valence-corrected chi connectivity index (χ2v) is 8.31. The average Bonchev–Trinajstić information content (AvgIpc) is 2.61. The van der Waals surface area contributed by atoms with Crippen molar-refractivity contribution in [2.75, 3.05) is 19.5 Å². The third-order valence-corrected chi connectivity index (χ3v) is 5.34. The van der Waals surface area contributed by atoms with Crippen LogP contribution in [0.3, 0.4) is 0 Å². The minimum Gasteiger partial charge on any atom is -0.384 e. The first-order valence-corrected chi connectivity index (χ1v) is 9.33. The van der Waals surface area contributed by atoms with Crippen molar-refractivity contribution in [3.63, 3.8) is 0 Å². The zero-order valence-corrected chi connectivity index (χ0v) is 16.1. The van der Waals surface area contributed by atoms with E-state index in [0.29, 0.717) is 35.4 Å². The molecule has 0 spiro atoms. The SMILES string of the molecule is COCC1CSc2nc(-c3cnc(C(C)(C)C)nc3)c(C#N)c(=O)n2C1. The fraction of sp³-hybridized carbons (Fsp3) is 0.500. The van der Waals surface area contributed by atoms with Gasteiger partial charge in [0.25, 0.3) is 5.56 Å². The van der Waals surface area contributed by atoms with Gasteiger partial charge in [0.05, 0.1) is 12.3 Å². The number of hydrogen-bond donors (Lipinski definition) is 0. The van der Waals surface area contributed by atoms with Gasteiger partial charge >= 0.3 is 0 Å². The van der Waals surface area contributed by atoms with Crippen molar-refractivity contribution < 1.29 is 4.74 Å². The van der Waals surface area contributed by atoms with Gasteiger partial charge in [-0.05, 0) is 0 Å². The van der Waals surface area contributed by atoms with E-state index in [0.717, 1.165) is 5.75 Å². The van der Waals surface area contributed by atoms with E-state index < -0.39 is 0 Å². The molecule has 1 aliphatic rings. The molecule has 0 bridgehead atoms. The zero-order chi connectivity index (χ0) is 18.9. The second kappa shape index (κ2) is 7.17. The molecule has 0 fully saturated rings. The molecule has 0 saturated carbocycles. The van der Waals surface area contributed by atoms with Crippen LogP contribution in [0, 0.1) is 17.2 Å². The Morgan fingerprint density at radius 2 is 2.08 bits per heavy atom. The lowest BCUT2D eigenvalue weighted by molar-refractivity contribution is 0.149. The van der Waals surface area contributed by atoms with Gasteiger partial charge in [-0.15, -0.1) is 0 Å². The maximum Gasteiger partial charge on any atom is 0.272 e. The lowest BCUT2D eigenvalue weighted by atomic mass is 9.95. The van der Waals surface area contributed by atoms with Gasteiger partial charge in [0.1, 0.15) is 17.5 Å². The average molecular weight is 371 g/mol. The highest BCUT2D eigenvalue weighted by molar-refractivity contribution is 7.99. The molecule has 3 heterocycles. The molecule has 0 aromatic carbocycles. The van der Waals surface area contributed by atoms with E-state index in [1.807, 2.05) is 26.8 Å². The normalized spacial score (nSPS) is 16.8. The Bertz CT molecular complexity index is 909. The summed E-state index contributed by atoms with van der Waals surface area (Å²) in [4.78, 5) is 26.2. The van der Waals surface area contributed by atoms with Crippen molar-refractivity contribution in [1.29, 1.82) is 5.26 Å². The maximum absolute atomic E-state index is 12.8. The van der Waals surface area contributed by atoms with Crippen LogP contribution in [0.2, 0.25) is 0 Å². The van der Waals surface area contributed by atoms with Gasteiger partial charge in [-0.3, -0.25) is 9.36 Å². The zero-order valence-electron chi connectivity index (χ0n) is 15.3. The maximum atomic E-state index is 12.8. The molecule has 26 heavy (non-hydrogen) atoms. The van der Waals surface area contributed by atoms with Gasteiger partial charge in [-0.2, -0.15) is 5.26 Å². The van der Waals surface area contributed by atoms with Crippen LogP contribution in [0.25, 0.3) is 11.3 Å². The number of hydrogen-bond acceptors (Lipinski definition) is 7. The Morgan fingerprint density at radius 3 is 2.65 bits per heavy atom. The molecule has 2 aromatic heterocycles. The quantitative estimate of drug-likeness (QED) is 0.764. The van der Waals surface area contributed by atoms with Crippen LogP contribution in [0.1, 0.15) is 32.2 Å². The van der Waals surface area contributed by atoms with Crippen LogP contribution in [-0.4, -0.2) is 39.0 Å². The standard InChI is InChI=1S/C18H21N5O2S/c1-18(2,3)16-20-6-12(7-21-16)14-13(5-19)15(24)23-8-11(9-25-4)10-26-17(23)22-14/h6-7,11H,8-10H2,1-4H3. The Kier molecular flexibility index (Phi) is 5.12. The van der Waals surface area contributed by atoms with E-state index >= 15 is 0 Å². The predicted octanol–water partition coefficient (Wildman–Crippen LogP) is 2.24. The highest BCUT2D eigenvalue weighted by atomic mass is 32.2. The van der Waals surface area contributed by atoms with E-state index in [1.54, 1.807) is 24.1 Å². The summed E-state index contributed by atoms with van der Waals surface area (Å²) in [7, 11) is 1.65. The van der Waals surface area contributed by atoms with Gasteiger partial charge in [-0.1, -0.05) is 32.5 Å². The van der Waals surface area contributed by atoms with Crippen molar-refractivity contribution in [3.8, 4) is 17.3 Å². The van der Waals surface area contributed by atoms with Crippen molar-refractivity contribution in [3.05, 3.63) is 34.1 Å². The predicted molar refractivity (Wildman–Crippen MR) is 99.0 cm³/mol. The third kappa shape index (κ3) is 3.50. The molecule has 0 amide bonds. The molecule has 0 N–H and O–H groups in total. The van der Waals surface area contributed by atoms with Gasteiger partial charge < -0.3 is 4.74 Å². The second-order valence-electron chi connectivity index (χ2n) is 7.32. The minimum atomic E-state index is -0.319. The number of ether oxygens (including phenoxy) is 1. The molecule has 1 unspecified atom stereocenters. The summed E-state index contributed by atoms with van der Waals surface area (Å²) in [5, 5.41) is 10.2. The van der Waals surface area contributed by atoms with Crippen molar-refractivity contribution >= 4 is 11.8 Å². The van der Waals surface area contributed by atoms with Gasteiger partial charge in [-0.25, -0.2) is 15.0 Å². The largest absolute Gasteiger partial charge is 0.384 e. The Labute approximate surface area is 156 Å². The van der Waals surface area contributed by atoms with Crippen molar-refractivity contribution in [2.45, 2.75) is 37.9 Å². The molecule has 136 valence electrons. The molecule has 0 radical (unpaired) electrons. The van der Waals surface area contributed by atoms with Crippen LogP contribution >= 0.6 is 11.8 Å². The molecule has 3 rings (SSSR count). The number of rotatable bonds is 3. The van der Waals surface area contributed by atoms with E-state index in [-0.39, 0.29) is 22.5 Å². The van der Waals surface area contributed by atoms with Gasteiger partial charge in [0.15, 0.2) is 5.16 Å². The number of nitriles is 1. The number of thioether (sulfide) groups is 1. The fourth-order valence-electron chi connectivity index (χ4n) is 2.79. The summed E-state index contributed by atoms with van der Waals surface area (Å²) in [6, 6.07) is 2.01. The highest BCUT2D eigenvalue weighted by Crippen LogP contribution is 2.29.